The van der Waals surface area contributed by atoms with Crippen molar-refractivity contribution in [3.63, 3.8) is 0 Å². The summed E-state index contributed by atoms with van der Waals surface area (Å²) in [7, 11) is 0. The molecule has 1 aliphatic heterocycles. The maximum atomic E-state index is 5.34. The predicted octanol–water partition coefficient (Wildman–Crippen LogP) is 2.24. The summed E-state index contributed by atoms with van der Waals surface area (Å²) in [5.41, 5.74) is 2.18. The second kappa shape index (κ2) is 4.60. The maximum Gasteiger partial charge on any atom is 0.231 e. The Morgan fingerprint density at radius 3 is 3.06 bits per heavy atom. The summed E-state index contributed by atoms with van der Waals surface area (Å²) in [4.78, 5) is 0. The monoisotopic (exact) mass is 245 g/mol. The van der Waals surface area contributed by atoms with Crippen molar-refractivity contribution in [3.05, 3.63) is 36.2 Å². The first-order valence-corrected chi connectivity index (χ1v) is 6.01. The van der Waals surface area contributed by atoms with E-state index in [-0.39, 0.29) is 0 Å². The molecule has 0 atom stereocenters. The van der Waals surface area contributed by atoms with E-state index in [1.807, 2.05) is 35.1 Å². The summed E-state index contributed by atoms with van der Waals surface area (Å²) in [6.07, 6.45) is 1.82. The third-order valence-corrected chi connectivity index (χ3v) is 2.95. The number of rotatable bonds is 4. The van der Waals surface area contributed by atoms with E-state index in [9.17, 15) is 0 Å². The number of hydrogen-bond acceptors (Lipinski definition) is 4. The molecule has 0 amide bonds. The molecule has 0 saturated heterocycles. The quantitative estimate of drug-likeness (QED) is 0.897. The number of fused-ring (bicyclic) bond motifs is 1. The molecule has 2 aromatic rings. The molecule has 3 rings (SSSR count). The molecule has 1 aromatic carbocycles. The highest BCUT2D eigenvalue weighted by molar-refractivity contribution is 5.55. The van der Waals surface area contributed by atoms with Gasteiger partial charge < -0.3 is 14.8 Å². The average Bonchev–Trinajstić information content (AvgIpc) is 3.04. The van der Waals surface area contributed by atoms with Crippen molar-refractivity contribution in [2.24, 2.45) is 0 Å². The lowest BCUT2D eigenvalue weighted by atomic mass is 10.2. The molecule has 0 radical (unpaired) electrons. The van der Waals surface area contributed by atoms with Crippen LogP contribution in [0.1, 0.15) is 12.6 Å². The van der Waals surface area contributed by atoms with E-state index in [0.29, 0.717) is 6.79 Å². The van der Waals surface area contributed by atoms with E-state index in [2.05, 4.69) is 17.3 Å². The minimum atomic E-state index is 0.307. The van der Waals surface area contributed by atoms with E-state index in [0.717, 1.165) is 36.0 Å². The fourth-order valence-electron chi connectivity index (χ4n) is 1.99. The minimum absolute atomic E-state index is 0.307. The molecule has 0 unspecified atom stereocenters. The molecule has 0 fully saturated rings. The zero-order valence-electron chi connectivity index (χ0n) is 10.2. The standard InChI is InChI=1S/C13H15N3O2/c1-2-16-11(5-6-15-16)8-14-10-3-4-12-13(7-10)18-9-17-12/h3-7,14H,2,8-9H2,1H3. The molecule has 1 aromatic heterocycles. The van der Waals surface area contributed by atoms with Gasteiger partial charge in [-0.15, -0.1) is 0 Å². The number of ether oxygens (including phenoxy) is 2. The van der Waals surface area contributed by atoms with Crippen LogP contribution in [0.5, 0.6) is 11.5 Å². The highest BCUT2D eigenvalue weighted by Gasteiger charge is 2.13. The van der Waals surface area contributed by atoms with Crippen molar-refractivity contribution in [1.29, 1.82) is 0 Å². The molecular formula is C13H15N3O2. The molecule has 0 saturated carbocycles. The van der Waals surface area contributed by atoms with Gasteiger partial charge in [-0.05, 0) is 25.1 Å². The zero-order chi connectivity index (χ0) is 12.4. The van der Waals surface area contributed by atoms with Gasteiger partial charge in [-0.3, -0.25) is 4.68 Å². The molecule has 1 N–H and O–H groups in total. The lowest BCUT2D eigenvalue weighted by Crippen LogP contribution is -2.07. The number of hydrogen-bond donors (Lipinski definition) is 1. The van der Waals surface area contributed by atoms with Crippen LogP contribution in [0.3, 0.4) is 0 Å². The van der Waals surface area contributed by atoms with Gasteiger partial charge >= 0.3 is 0 Å². The van der Waals surface area contributed by atoms with Gasteiger partial charge in [-0.25, -0.2) is 0 Å². The molecule has 0 spiro atoms. The number of nitrogens with zero attached hydrogens (tertiary/aromatic N) is 2. The molecule has 18 heavy (non-hydrogen) atoms. The van der Waals surface area contributed by atoms with Gasteiger partial charge in [0.1, 0.15) is 0 Å². The Balaban J connectivity index is 1.70. The third kappa shape index (κ3) is 1.99. The number of aryl methyl sites for hydroxylation is 1. The Hall–Kier alpha value is -2.17. The second-order valence-corrected chi connectivity index (χ2v) is 4.06. The van der Waals surface area contributed by atoms with Crippen molar-refractivity contribution < 1.29 is 9.47 Å². The Morgan fingerprint density at radius 1 is 1.28 bits per heavy atom. The Morgan fingerprint density at radius 2 is 2.17 bits per heavy atom. The Bertz CT molecular complexity index is 551. The zero-order valence-corrected chi connectivity index (χ0v) is 10.2. The first-order valence-electron chi connectivity index (χ1n) is 6.01. The van der Waals surface area contributed by atoms with Crippen LogP contribution in [0.25, 0.3) is 0 Å². The van der Waals surface area contributed by atoms with Crippen LogP contribution in [0.4, 0.5) is 5.69 Å². The van der Waals surface area contributed by atoms with Crippen LogP contribution in [-0.4, -0.2) is 16.6 Å². The molecule has 5 nitrogen and oxygen atoms in total. The molecule has 94 valence electrons. The van der Waals surface area contributed by atoms with Crippen molar-refractivity contribution in [1.82, 2.24) is 9.78 Å². The average molecular weight is 245 g/mol. The van der Waals surface area contributed by atoms with Crippen LogP contribution in [0.15, 0.2) is 30.5 Å². The summed E-state index contributed by atoms with van der Waals surface area (Å²) in [5.74, 6) is 1.60. The molecule has 1 aliphatic rings. The highest BCUT2D eigenvalue weighted by Crippen LogP contribution is 2.34. The van der Waals surface area contributed by atoms with Crippen LogP contribution >= 0.6 is 0 Å². The van der Waals surface area contributed by atoms with Gasteiger partial charge in [0, 0.05) is 24.5 Å². The van der Waals surface area contributed by atoms with E-state index in [4.69, 9.17) is 9.47 Å². The van der Waals surface area contributed by atoms with Crippen LogP contribution in [-0.2, 0) is 13.1 Å². The first-order chi connectivity index (χ1) is 8.86. The Kier molecular flexibility index (Phi) is 2.80. The lowest BCUT2D eigenvalue weighted by Gasteiger charge is -2.08. The summed E-state index contributed by atoms with van der Waals surface area (Å²) < 4.78 is 12.6. The summed E-state index contributed by atoms with van der Waals surface area (Å²) in [6.45, 7) is 4.01. The molecular weight excluding hydrogens is 230 g/mol. The second-order valence-electron chi connectivity index (χ2n) is 4.06. The van der Waals surface area contributed by atoms with E-state index in [1.165, 1.54) is 0 Å². The SMILES string of the molecule is CCn1nccc1CNc1ccc2c(c1)OCO2. The Labute approximate surface area is 105 Å². The van der Waals surface area contributed by atoms with E-state index in [1.54, 1.807) is 0 Å². The number of benzene rings is 1. The summed E-state index contributed by atoms with van der Waals surface area (Å²) >= 11 is 0. The maximum absolute atomic E-state index is 5.34. The third-order valence-electron chi connectivity index (χ3n) is 2.95. The molecule has 0 bridgehead atoms. The molecule has 5 heteroatoms. The largest absolute Gasteiger partial charge is 0.454 e. The lowest BCUT2D eigenvalue weighted by molar-refractivity contribution is 0.174. The topological polar surface area (TPSA) is 48.3 Å². The van der Waals surface area contributed by atoms with Crippen molar-refractivity contribution in [2.75, 3.05) is 12.1 Å². The highest BCUT2D eigenvalue weighted by atomic mass is 16.7. The smallest absolute Gasteiger partial charge is 0.231 e. The number of anilines is 1. The van der Waals surface area contributed by atoms with Crippen molar-refractivity contribution >= 4 is 5.69 Å². The summed E-state index contributed by atoms with van der Waals surface area (Å²) in [6, 6.07) is 7.88. The van der Waals surface area contributed by atoms with Gasteiger partial charge in [-0.2, -0.15) is 5.10 Å². The molecule has 0 aliphatic carbocycles. The van der Waals surface area contributed by atoms with E-state index >= 15 is 0 Å². The van der Waals surface area contributed by atoms with Gasteiger partial charge in [0.05, 0.1) is 12.2 Å². The summed E-state index contributed by atoms with van der Waals surface area (Å²) in [5, 5.41) is 7.59. The van der Waals surface area contributed by atoms with Crippen molar-refractivity contribution in [3.8, 4) is 11.5 Å². The predicted molar refractivity (Wildman–Crippen MR) is 67.8 cm³/mol. The van der Waals surface area contributed by atoms with Crippen molar-refractivity contribution in [2.45, 2.75) is 20.0 Å². The first kappa shape index (κ1) is 11.0. The van der Waals surface area contributed by atoms with Crippen LogP contribution in [0, 0.1) is 0 Å². The fourth-order valence-corrected chi connectivity index (χ4v) is 1.99. The minimum Gasteiger partial charge on any atom is -0.454 e. The van der Waals surface area contributed by atoms with Gasteiger partial charge in [0.15, 0.2) is 11.5 Å². The number of nitrogens with one attached hydrogen (secondary N) is 1. The number of aromatic nitrogens is 2. The fraction of sp³-hybridized carbons (Fsp3) is 0.308. The van der Waals surface area contributed by atoms with Crippen LogP contribution < -0.4 is 14.8 Å². The van der Waals surface area contributed by atoms with Gasteiger partial charge in [0.25, 0.3) is 0 Å². The molecule has 2 heterocycles. The van der Waals surface area contributed by atoms with Gasteiger partial charge in [0.2, 0.25) is 6.79 Å². The van der Waals surface area contributed by atoms with E-state index < -0.39 is 0 Å². The van der Waals surface area contributed by atoms with Gasteiger partial charge in [-0.1, -0.05) is 0 Å². The van der Waals surface area contributed by atoms with Crippen LogP contribution in [0.2, 0.25) is 0 Å². The normalized spacial score (nSPS) is 12.7.